The van der Waals surface area contributed by atoms with E-state index in [0.717, 1.165) is 56.5 Å². The van der Waals surface area contributed by atoms with E-state index in [9.17, 15) is 4.79 Å². The molecule has 32 heavy (non-hydrogen) atoms. The molecule has 0 radical (unpaired) electrons. The lowest BCUT2D eigenvalue weighted by molar-refractivity contribution is 0.160. The van der Waals surface area contributed by atoms with Crippen molar-refractivity contribution in [1.82, 2.24) is 9.47 Å². The highest BCUT2D eigenvalue weighted by Gasteiger charge is 2.40. The van der Waals surface area contributed by atoms with Crippen LogP contribution in [0.25, 0.3) is 10.9 Å². The fraction of sp³-hybridized carbons (Fsp3) is 0.423. The van der Waals surface area contributed by atoms with Crippen molar-refractivity contribution in [2.45, 2.75) is 57.3 Å². The Hall–Kier alpha value is -2.86. The van der Waals surface area contributed by atoms with Crippen LogP contribution in [-0.4, -0.2) is 34.6 Å². The number of aromatic nitrogens is 1. The van der Waals surface area contributed by atoms with Gasteiger partial charge in [-0.2, -0.15) is 0 Å². The van der Waals surface area contributed by atoms with E-state index in [-0.39, 0.29) is 11.2 Å². The van der Waals surface area contributed by atoms with Crippen LogP contribution in [0.4, 0.5) is 15.8 Å². The summed E-state index contributed by atoms with van der Waals surface area (Å²) >= 11 is 0. The highest BCUT2D eigenvalue weighted by atomic mass is 19.1. The fourth-order valence-electron chi connectivity index (χ4n) is 5.67. The molecule has 0 spiro atoms. The van der Waals surface area contributed by atoms with Gasteiger partial charge in [0.05, 0.1) is 11.2 Å². The van der Waals surface area contributed by atoms with Crippen LogP contribution in [0.15, 0.2) is 47.4 Å². The topological polar surface area (TPSA) is 54.5 Å². The van der Waals surface area contributed by atoms with Crippen LogP contribution in [0.2, 0.25) is 0 Å². The van der Waals surface area contributed by atoms with Crippen molar-refractivity contribution < 1.29 is 4.39 Å². The number of hydrogen-bond donors (Lipinski definition) is 1. The van der Waals surface area contributed by atoms with Gasteiger partial charge in [-0.15, -0.1) is 0 Å². The number of fused-ring (bicyclic) bond motifs is 3. The Labute approximate surface area is 187 Å². The zero-order valence-electron chi connectivity index (χ0n) is 18.4. The predicted octanol–water partition coefficient (Wildman–Crippen LogP) is 4.22. The lowest BCUT2D eigenvalue weighted by atomic mass is 10.1. The molecule has 3 aliphatic rings. The molecule has 2 atom stereocenters. The minimum atomic E-state index is -0.283. The molecule has 2 unspecified atom stereocenters. The lowest BCUT2D eigenvalue weighted by Crippen LogP contribution is -2.53. The van der Waals surface area contributed by atoms with Crippen molar-refractivity contribution in [2.75, 3.05) is 23.7 Å². The van der Waals surface area contributed by atoms with Gasteiger partial charge in [0.2, 0.25) is 0 Å². The Kier molecular flexibility index (Phi) is 4.54. The van der Waals surface area contributed by atoms with Crippen molar-refractivity contribution in [1.29, 1.82) is 0 Å². The highest BCUT2D eigenvalue weighted by Crippen LogP contribution is 2.39. The van der Waals surface area contributed by atoms with Gasteiger partial charge in [0.1, 0.15) is 5.82 Å². The third kappa shape index (κ3) is 3.28. The van der Waals surface area contributed by atoms with Crippen LogP contribution in [0, 0.1) is 12.7 Å². The third-order valence-electron chi connectivity index (χ3n) is 7.54. The summed E-state index contributed by atoms with van der Waals surface area (Å²) in [6.07, 6.45) is 6.48. The maximum absolute atomic E-state index is 15.3. The minimum Gasteiger partial charge on any atom is -0.399 e. The van der Waals surface area contributed by atoms with E-state index in [1.165, 1.54) is 11.6 Å². The van der Waals surface area contributed by atoms with E-state index >= 15 is 4.39 Å². The van der Waals surface area contributed by atoms with E-state index in [2.05, 4.69) is 26.5 Å². The summed E-state index contributed by atoms with van der Waals surface area (Å²) in [6.45, 7) is 4.36. The summed E-state index contributed by atoms with van der Waals surface area (Å²) in [5.74, 6) is -0.283. The summed E-state index contributed by atoms with van der Waals surface area (Å²) < 4.78 is 17.5. The Morgan fingerprint density at radius 2 is 1.66 bits per heavy atom. The van der Waals surface area contributed by atoms with Crippen LogP contribution < -0.4 is 16.1 Å². The van der Waals surface area contributed by atoms with E-state index in [0.29, 0.717) is 34.8 Å². The quantitative estimate of drug-likeness (QED) is 0.628. The average molecular weight is 433 g/mol. The third-order valence-corrected chi connectivity index (χ3v) is 7.54. The van der Waals surface area contributed by atoms with Crippen molar-refractivity contribution in [3.05, 3.63) is 69.8 Å². The van der Waals surface area contributed by atoms with Gasteiger partial charge in [0.25, 0.3) is 0 Å². The number of nitrogen functional groups attached to an aromatic ring is 1. The maximum Gasteiger partial charge on any atom is 0.192 e. The van der Waals surface area contributed by atoms with Gasteiger partial charge < -0.3 is 15.2 Å². The summed E-state index contributed by atoms with van der Waals surface area (Å²) in [4.78, 5) is 17.5. The molecule has 3 fully saturated rings. The van der Waals surface area contributed by atoms with E-state index < -0.39 is 0 Å². The highest BCUT2D eigenvalue weighted by molar-refractivity contribution is 5.84. The largest absolute Gasteiger partial charge is 0.399 e. The Morgan fingerprint density at radius 1 is 1.00 bits per heavy atom. The average Bonchev–Trinajstić information content (AvgIpc) is 3.59. The maximum atomic E-state index is 15.3. The Morgan fingerprint density at radius 3 is 2.31 bits per heavy atom. The molecular weight excluding hydrogens is 403 g/mol. The van der Waals surface area contributed by atoms with Gasteiger partial charge in [-0.1, -0.05) is 12.1 Å². The number of nitrogens with zero attached hydrogens (tertiary/aromatic N) is 3. The number of halogens is 1. The molecule has 2 N–H and O–H groups in total. The second kappa shape index (κ2) is 7.34. The molecule has 5 nitrogen and oxygen atoms in total. The van der Waals surface area contributed by atoms with Gasteiger partial charge in [-0.05, 0) is 62.4 Å². The molecule has 2 aliphatic heterocycles. The molecule has 1 aromatic heterocycles. The standard InChI is InChI=1S/C26H29FN4O/c1-16-12-31(19-6-7-19)24-11-25(23(27)10-22(24)26(16)32)29-14-20-8-9-21(15-29)30(20)13-17-2-4-18(28)5-3-17/h2-5,10-12,19-21H,6-9,13-15,28H2,1H3. The first-order valence-corrected chi connectivity index (χ1v) is 11.7. The zero-order chi connectivity index (χ0) is 22.0. The predicted molar refractivity (Wildman–Crippen MR) is 127 cm³/mol. The van der Waals surface area contributed by atoms with Crippen LogP contribution in [0.1, 0.15) is 42.9 Å². The Bertz CT molecular complexity index is 1230. The summed E-state index contributed by atoms with van der Waals surface area (Å²) in [7, 11) is 0. The molecule has 1 aliphatic carbocycles. The van der Waals surface area contributed by atoms with E-state index in [1.54, 1.807) is 0 Å². The first kappa shape index (κ1) is 19.8. The molecule has 2 aromatic carbocycles. The first-order chi connectivity index (χ1) is 15.5. The lowest BCUT2D eigenvalue weighted by Gasteiger charge is -2.42. The molecule has 166 valence electrons. The Balaban J connectivity index is 1.31. The van der Waals surface area contributed by atoms with Crippen LogP contribution in [0.5, 0.6) is 0 Å². The van der Waals surface area contributed by atoms with Crippen LogP contribution in [-0.2, 0) is 6.54 Å². The summed E-state index contributed by atoms with van der Waals surface area (Å²) in [5.41, 5.74) is 10.0. The monoisotopic (exact) mass is 432 g/mol. The number of hydrogen-bond acceptors (Lipinski definition) is 4. The SMILES string of the molecule is Cc1cn(C2CC2)c2cc(N3CC4CCC(C3)N4Cc3ccc(N)cc3)c(F)cc2c1=O. The first-order valence-electron chi connectivity index (χ1n) is 11.7. The van der Waals surface area contributed by atoms with Crippen molar-refractivity contribution in [2.24, 2.45) is 0 Å². The van der Waals surface area contributed by atoms with Crippen LogP contribution in [0.3, 0.4) is 0 Å². The van der Waals surface area contributed by atoms with Crippen molar-refractivity contribution in [3.8, 4) is 0 Å². The second-order valence-electron chi connectivity index (χ2n) is 9.80. The van der Waals surface area contributed by atoms with Gasteiger partial charge in [-0.25, -0.2) is 4.39 Å². The smallest absolute Gasteiger partial charge is 0.192 e. The van der Waals surface area contributed by atoms with Gasteiger partial charge in [0, 0.05) is 60.6 Å². The molecular formula is C26H29FN4O. The van der Waals surface area contributed by atoms with Gasteiger partial charge in [-0.3, -0.25) is 9.69 Å². The number of rotatable bonds is 4. The fourth-order valence-corrected chi connectivity index (χ4v) is 5.67. The van der Waals surface area contributed by atoms with Gasteiger partial charge >= 0.3 is 0 Å². The summed E-state index contributed by atoms with van der Waals surface area (Å²) in [6, 6.07) is 12.8. The molecule has 2 bridgehead atoms. The number of benzene rings is 2. The molecule has 3 aromatic rings. The van der Waals surface area contributed by atoms with E-state index in [1.807, 2.05) is 31.3 Å². The number of piperazine rings is 1. The van der Waals surface area contributed by atoms with Crippen LogP contribution >= 0.6 is 0 Å². The molecule has 6 heteroatoms. The van der Waals surface area contributed by atoms with E-state index in [4.69, 9.17) is 5.73 Å². The molecule has 2 saturated heterocycles. The number of aryl methyl sites for hydroxylation is 1. The molecule has 1 saturated carbocycles. The molecule has 3 heterocycles. The second-order valence-corrected chi connectivity index (χ2v) is 9.80. The van der Waals surface area contributed by atoms with Crippen molar-refractivity contribution >= 4 is 22.3 Å². The summed E-state index contributed by atoms with van der Waals surface area (Å²) in [5, 5.41) is 0.503. The van der Waals surface area contributed by atoms with Crippen molar-refractivity contribution in [3.63, 3.8) is 0 Å². The van der Waals surface area contributed by atoms with Gasteiger partial charge in [0.15, 0.2) is 5.43 Å². The zero-order valence-corrected chi connectivity index (χ0v) is 18.4. The molecule has 6 rings (SSSR count). The molecule has 0 amide bonds. The normalized spacial score (nSPS) is 23.2. The number of nitrogens with two attached hydrogens (primary N) is 1. The minimum absolute atomic E-state index is 0.0595. The number of pyridine rings is 1. The number of anilines is 2.